The highest BCUT2D eigenvalue weighted by atomic mass is 35.5. The lowest BCUT2D eigenvalue weighted by Crippen LogP contribution is -2.30. The zero-order chi connectivity index (χ0) is 17.6. The minimum Gasteiger partial charge on any atom is -0.337 e. The largest absolute Gasteiger partial charge is 0.337 e. The van der Waals surface area contributed by atoms with Crippen LogP contribution in [0.15, 0.2) is 28.8 Å². The molecule has 1 saturated heterocycles. The Morgan fingerprint density at radius 1 is 1.28 bits per heavy atom. The lowest BCUT2D eigenvalue weighted by molar-refractivity contribution is -0.132. The molecule has 134 valence electrons. The van der Waals surface area contributed by atoms with Gasteiger partial charge in [0.2, 0.25) is 17.6 Å². The molecule has 3 rings (SSSR count). The number of nitrogens with zero attached hydrogens (tertiary/aromatic N) is 3. The number of hydrogen-bond donors (Lipinski definition) is 0. The molecular formula is C19H24ClN3O2. The molecule has 5 nitrogen and oxygen atoms in total. The van der Waals surface area contributed by atoms with Crippen molar-refractivity contribution in [3.05, 3.63) is 35.2 Å². The summed E-state index contributed by atoms with van der Waals surface area (Å²) in [6.45, 7) is 2.95. The van der Waals surface area contributed by atoms with Crippen molar-refractivity contribution in [1.29, 1.82) is 0 Å². The molecular weight excluding hydrogens is 338 g/mol. The molecule has 2 aromatic rings. The highest BCUT2D eigenvalue weighted by Crippen LogP contribution is 2.33. The SMILES string of the molecule is CCCCCCC(=O)N1CCC[C@@H]1c1nc(-c2ccc(Cl)cc2)no1. The number of likely N-dealkylation sites (tertiary alicyclic amines) is 1. The van der Waals surface area contributed by atoms with Crippen molar-refractivity contribution in [2.75, 3.05) is 6.54 Å². The molecule has 0 radical (unpaired) electrons. The van der Waals surface area contributed by atoms with E-state index in [0.717, 1.165) is 37.8 Å². The van der Waals surface area contributed by atoms with E-state index in [9.17, 15) is 4.79 Å². The normalized spacial score (nSPS) is 17.2. The molecule has 2 heterocycles. The first-order valence-corrected chi connectivity index (χ1v) is 9.46. The number of aromatic nitrogens is 2. The molecule has 1 fully saturated rings. The number of carbonyl (C=O) groups excluding carboxylic acids is 1. The third kappa shape index (κ3) is 4.40. The van der Waals surface area contributed by atoms with Crippen LogP contribution in [0.3, 0.4) is 0 Å². The first-order chi connectivity index (χ1) is 12.2. The fourth-order valence-corrected chi connectivity index (χ4v) is 3.38. The van der Waals surface area contributed by atoms with E-state index >= 15 is 0 Å². The summed E-state index contributed by atoms with van der Waals surface area (Å²) >= 11 is 5.91. The molecule has 0 unspecified atom stereocenters. The highest BCUT2D eigenvalue weighted by Gasteiger charge is 2.33. The average molecular weight is 362 g/mol. The van der Waals surface area contributed by atoms with Crippen LogP contribution in [0, 0.1) is 0 Å². The smallest absolute Gasteiger partial charge is 0.249 e. The van der Waals surface area contributed by atoms with Crippen molar-refractivity contribution < 1.29 is 9.32 Å². The van der Waals surface area contributed by atoms with Crippen molar-refractivity contribution in [3.8, 4) is 11.4 Å². The first-order valence-electron chi connectivity index (χ1n) is 9.08. The van der Waals surface area contributed by atoms with Crippen molar-refractivity contribution >= 4 is 17.5 Å². The standard InChI is InChI=1S/C19H24ClN3O2/c1-2-3-4-5-8-17(24)23-13-6-7-16(23)19-21-18(22-25-19)14-9-11-15(20)12-10-14/h9-12,16H,2-8,13H2,1H3/t16-/m1/s1. The van der Waals surface area contributed by atoms with Crippen molar-refractivity contribution in [2.45, 2.75) is 57.9 Å². The molecule has 0 N–H and O–H groups in total. The van der Waals surface area contributed by atoms with Gasteiger partial charge in [0.15, 0.2) is 0 Å². The van der Waals surface area contributed by atoms with Gasteiger partial charge in [-0.05, 0) is 43.5 Å². The predicted octanol–water partition coefficient (Wildman–Crippen LogP) is 5.02. The van der Waals surface area contributed by atoms with E-state index in [1.807, 2.05) is 17.0 Å². The van der Waals surface area contributed by atoms with E-state index in [1.165, 1.54) is 12.8 Å². The summed E-state index contributed by atoms with van der Waals surface area (Å²) < 4.78 is 5.47. The second-order valence-electron chi connectivity index (χ2n) is 6.52. The van der Waals surface area contributed by atoms with E-state index in [-0.39, 0.29) is 11.9 Å². The predicted molar refractivity (Wildman–Crippen MR) is 97.2 cm³/mol. The molecule has 1 aliphatic heterocycles. The van der Waals surface area contributed by atoms with E-state index in [0.29, 0.717) is 23.2 Å². The summed E-state index contributed by atoms with van der Waals surface area (Å²) in [7, 11) is 0. The number of hydrogen-bond acceptors (Lipinski definition) is 4. The lowest BCUT2D eigenvalue weighted by atomic mass is 10.1. The number of amides is 1. The van der Waals surface area contributed by atoms with Crippen LogP contribution in [0.1, 0.15) is 63.8 Å². The first kappa shape index (κ1) is 17.9. The Balaban J connectivity index is 1.66. The minimum absolute atomic E-state index is 0.0905. The molecule has 1 amide bonds. The summed E-state index contributed by atoms with van der Waals surface area (Å²) in [5.74, 6) is 1.27. The Hall–Kier alpha value is -1.88. The zero-order valence-corrected chi connectivity index (χ0v) is 15.3. The maximum absolute atomic E-state index is 12.5. The monoisotopic (exact) mass is 361 g/mol. The number of unbranched alkanes of at least 4 members (excludes halogenated alkanes) is 3. The third-order valence-corrected chi connectivity index (χ3v) is 4.90. The Labute approximate surface area is 153 Å². The molecule has 6 heteroatoms. The van der Waals surface area contributed by atoms with E-state index < -0.39 is 0 Å². The molecule has 1 atom stereocenters. The van der Waals surface area contributed by atoms with Gasteiger partial charge in [-0.1, -0.05) is 42.9 Å². The molecule has 0 spiro atoms. The van der Waals surface area contributed by atoms with Crippen molar-refractivity contribution in [3.63, 3.8) is 0 Å². The number of rotatable bonds is 7. The summed E-state index contributed by atoms with van der Waals surface area (Å²) in [5, 5.41) is 4.74. The maximum atomic E-state index is 12.5. The number of halogens is 1. The van der Waals surface area contributed by atoms with Gasteiger partial charge in [-0.2, -0.15) is 4.98 Å². The Kier molecular flexibility index (Phi) is 6.08. The van der Waals surface area contributed by atoms with Gasteiger partial charge in [0.1, 0.15) is 6.04 Å². The van der Waals surface area contributed by atoms with Gasteiger partial charge in [-0.15, -0.1) is 0 Å². The molecule has 1 aromatic heterocycles. The molecule has 0 saturated carbocycles. The van der Waals surface area contributed by atoms with Gasteiger partial charge < -0.3 is 9.42 Å². The van der Waals surface area contributed by atoms with Crippen LogP contribution in [-0.4, -0.2) is 27.5 Å². The second-order valence-corrected chi connectivity index (χ2v) is 6.96. The summed E-state index contributed by atoms with van der Waals surface area (Å²) in [5.41, 5.74) is 0.856. The Morgan fingerprint density at radius 3 is 2.84 bits per heavy atom. The molecule has 0 bridgehead atoms. The van der Waals surface area contributed by atoms with E-state index in [4.69, 9.17) is 16.1 Å². The van der Waals surface area contributed by atoms with Crippen LogP contribution in [0.5, 0.6) is 0 Å². The second kappa shape index (κ2) is 8.48. The van der Waals surface area contributed by atoms with E-state index in [1.54, 1.807) is 12.1 Å². The van der Waals surface area contributed by atoms with Crippen LogP contribution < -0.4 is 0 Å². The van der Waals surface area contributed by atoms with Crippen LogP contribution in [0.4, 0.5) is 0 Å². The molecule has 1 aromatic carbocycles. The van der Waals surface area contributed by atoms with Gasteiger partial charge in [0.05, 0.1) is 0 Å². The summed E-state index contributed by atoms with van der Waals surface area (Å²) in [6, 6.07) is 7.24. The summed E-state index contributed by atoms with van der Waals surface area (Å²) in [6.07, 6.45) is 6.89. The third-order valence-electron chi connectivity index (χ3n) is 4.65. The van der Waals surface area contributed by atoms with Crippen LogP contribution >= 0.6 is 11.6 Å². The number of carbonyl (C=O) groups is 1. The van der Waals surface area contributed by atoms with Crippen molar-refractivity contribution in [1.82, 2.24) is 15.0 Å². The quantitative estimate of drug-likeness (QED) is 0.649. The lowest BCUT2D eigenvalue weighted by Gasteiger charge is -2.21. The molecule has 25 heavy (non-hydrogen) atoms. The van der Waals surface area contributed by atoms with Crippen LogP contribution in [0.25, 0.3) is 11.4 Å². The zero-order valence-electron chi connectivity index (χ0n) is 14.6. The van der Waals surface area contributed by atoms with Gasteiger partial charge in [0.25, 0.3) is 0 Å². The minimum atomic E-state index is -0.0905. The Bertz CT molecular complexity index is 699. The maximum Gasteiger partial charge on any atom is 0.249 e. The number of benzene rings is 1. The highest BCUT2D eigenvalue weighted by molar-refractivity contribution is 6.30. The Morgan fingerprint density at radius 2 is 2.08 bits per heavy atom. The fraction of sp³-hybridized carbons (Fsp3) is 0.526. The van der Waals surface area contributed by atoms with Gasteiger partial charge in [-0.25, -0.2) is 0 Å². The van der Waals surface area contributed by atoms with Gasteiger partial charge in [0, 0.05) is 23.6 Å². The van der Waals surface area contributed by atoms with Crippen LogP contribution in [0.2, 0.25) is 5.02 Å². The molecule has 0 aliphatic carbocycles. The fourth-order valence-electron chi connectivity index (χ4n) is 3.26. The van der Waals surface area contributed by atoms with Gasteiger partial charge >= 0.3 is 0 Å². The van der Waals surface area contributed by atoms with Gasteiger partial charge in [-0.3, -0.25) is 4.79 Å². The average Bonchev–Trinajstić information content (AvgIpc) is 3.28. The van der Waals surface area contributed by atoms with Crippen LogP contribution in [-0.2, 0) is 4.79 Å². The topological polar surface area (TPSA) is 59.2 Å². The van der Waals surface area contributed by atoms with E-state index in [2.05, 4.69) is 17.1 Å². The molecule has 1 aliphatic rings. The summed E-state index contributed by atoms with van der Waals surface area (Å²) in [4.78, 5) is 19.0. The van der Waals surface area contributed by atoms with Crippen molar-refractivity contribution in [2.24, 2.45) is 0 Å².